The maximum absolute atomic E-state index is 11.4. The van der Waals surface area contributed by atoms with Crippen LogP contribution >= 0.6 is 0 Å². The first-order chi connectivity index (χ1) is 6.63. The van der Waals surface area contributed by atoms with Gasteiger partial charge in [0, 0.05) is 18.6 Å². The van der Waals surface area contributed by atoms with Gasteiger partial charge in [0.2, 0.25) is 5.91 Å². The van der Waals surface area contributed by atoms with E-state index in [0.717, 1.165) is 25.7 Å². The quantitative estimate of drug-likeness (QED) is 0.720. The summed E-state index contributed by atoms with van der Waals surface area (Å²) in [4.78, 5) is 11.4. The Morgan fingerprint density at radius 2 is 1.93 bits per heavy atom. The van der Waals surface area contributed by atoms with E-state index in [1.165, 1.54) is 0 Å². The van der Waals surface area contributed by atoms with Crippen LogP contribution in [0.4, 0.5) is 0 Å². The lowest BCUT2D eigenvalue weighted by Crippen LogP contribution is -2.40. The van der Waals surface area contributed by atoms with Gasteiger partial charge in [0.25, 0.3) is 0 Å². The van der Waals surface area contributed by atoms with Gasteiger partial charge in [-0.2, -0.15) is 0 Å². The minimum atomic E-state index is 0.0746. The van der Waals surface area contributed by atoms with Crippen LogP contribution in [0.1, 0.15) is 39.5 Å². The summed E-state index contributed by atoms with van der Waals surface area (Å²) < 4.78 is 0. The zero-order valence-electron chi connectivity index (χ0n) is 9.12. The van der Waals surface area contributed by atoms with E-state index in [1.54, 1.807) is 0 Å². The lowest BCUT2D eigenvalue weighted by molar-refractivity contribution is -0.125. The van der Waals surface area contributed by atoms with Crippen molar-refractivity contribution in [1.29, 1.82) is 0 Å². The molecule has 1 aliphatic rings. The minimum absolute atomic E-state index is 0.0746. The van der Waals surface area contributed by atoms with E-state index in [9.17, 15) is 4.79 Å². The molecule has 1 rings (SSSR count). The summed E-state index contributed by atoms with van der Waals surface area (Å²) >= 11 is 0. The highest BCUT2D eigenvalue weighted by Gasteiger charge is 2.22. The van der Waals surface area contributed by atoms with E-state index in [4.69, 9.17) is 5.11 Å². The lowest BCUT2D eigenvalue weighted by atomic mass is 9.86. The molecule has 1 aliphatic carbocycles. The Bertz CT molecular complexity index is 184. The number of hydrogen-bond donors (Lipinski definition) is 2. The summed E-state index contributed by atoms with van der Waals surface area (Å²) in [5.41, 5.74) is 0. The van der Waals surface area contributed by atoms with Crippen molar-refractivity contribution >= 4 is 5.91 Å². The molecule has 0 aromatic heterocycles. The smallest absolute Gasteiger partial charge is 0.222 e. The first-order valence-electron chi connectivity index (χ1n) is 5.54. The van der Waals surface area contributed by atoms with Crippen molar-refractivity contribution in [2.75, 3.05) is 6.61 Å². The highest BCUT2D eigenvalue weighted by atomic mass is 16.3. The van der Waals surface area contributed by atoms with Crippen LogP contribution in [0.25, 0.3) is 0 Å². The molecule has 0 spiro atoms. The molecule has 3 heteroatoms. The predicted molar refractivity (Wildman–Crippen MR) is 55.8 cm³/mol. The molecule has 0 saturated heterocycles. The fraction of sp³-hybridized carbons (Fsp3) is 0.909. The SMILES string of the molecule is CC(C)C(=O)NC1CCC(CO)CC1. The standard InChI is InChI=1S/C11H21NO2/c1-8(2)11(14)12-10-5-3-9(7-13)4-6-10/h8-10,13H,3-7H2,1-2H3,(H,12,14). The van der Waals surface area contributed by atoms with E-state index >= 15 is 0 Å². The Kier molecular flexibility index (Phi) is 4.39. The Balaban J connectivity index is 2.25. The second-order valence-electron chi connectivity index (χ2n) is 4.56. The number of amides is 1. The minimum Gasteiger partial charge on any atom is -0.396 e. The zero-order valence-corrected chi connectivity index (χ0v) is 9.12. The molecule has 1 fully saturated rings. The second kappa shape index (κ2) is 5.35. The van der Waals surface area contributed by atoms with Crippen LogP contribution in [0.3, 0.4) is 0 Å². The molecule has 0 unspecified atom stereocenters. The van der Waals surface area contributed by atoms with Crippen molar-refractivity contribution in [3.8, 4) is 0 Å². The Morgan fingerprint density at radius 1 is 1.36 bits per heavy atom. The Hall–Kier alpha value is -0.570. The largest absolute Gasteiger partial charge is 0.396 e. The van der Waals surface area contributed by atoms with Gasteiger partial charge in [0.05, 0.1) is 0 Å². The first-order valence-corrected chi connectivity index (χ1v) is 5.54. The molecule has 82 valence electrons. The molecule has 14 heavy (non-hydrogen) atoms. The second-order valence-corrected chi connectivity index (χ2v) is 4.56. The molecular weight excluding hydrogens is 178 g/mol. The number of nitrogens with one attached hydrogen (secondary N) is 1. The van der Waals surface area contributed by atoms with Crippen LogP contribution < -0.4 is 5.32 Å². The number of carbonyl (C=O) groups excluding carboxylic acids is 1. The molecule has 2 N–H and O–H groups in total. The normalized spacial score (nSPS) is 27.7. The molecule has 3 nitrogen and oxygen atoms in total. The molecule has 0 atom stereocenters. The van der Waals surface area contributed by atoms with Crippen molar-refractivity contribution in [1.82, 2.24) is 5.32 Å². The van der Waals surface area contributed by atoms with E-state index in [1.807, 2.05) is 13.8 Å². The third-order valence-corrected chi connectivity index (χ3v) is 2.98. The maximum atomic E-state index is 11.4. The Morgan fingerprint density at radius 3 is 2.36 bits per heavy atom. The van der Waals surface area contributed by atoms with Gasteiger partial charge >= 0.3 is 0 Å². The van der Waals surface area contributed by atoms with Crippen molar-refractivity contribution in [2.45, 2.75) is 45.6 Å². The molecule has 0 bridgehead atoms. The Labute approximate surface area is 85.9 Å². The van der Waals surface area contributed by atoms with Gasteiger partial charge < -0.3 is 10.4 Å². The number of carbonyl (C=O) groups is 1. The molecule has 0 aromatic carbocycles. The molecule has 1 saturated carbocycles. The number of aliphatic hydroxyl groups is 1. The fourth-order valence-corrected chi connectivity index (χ4v) is 1.86. The van der Waals surface area contributed by atoms with E-state index in [2.05, 4.69) is 5.32 Å². The summed E-state index contributed by atoms with van der Waals surface area (Å²) in [6.45, 7) is 4.12. The summed E-state index contributed by atoms with van der Waals surface area (Å²) in [5, 5.41) is 12.0. The highest BCUT2D eigenvalue weighted by Crippen LogP contribution is 2.23. The van der Waals surface area contributed by atoms with Crippen molar-refractivity contribution in [3.63, 3.8) is 0 Å². The van der Waals surface area contributed by atoms with E-state index < -0.39 is 0 Å². The maximum Gasteiger partial charge on any atom is 0.222 e. The summed E-state index contributed by atoms with van der Waals surface area (Å²) in [5.74, 6) is 0.685. The van der Waals surface area contributed by atoms with Gasteiger partial charge in [-0.25, -0.2) is 0 Å². The van der Waals surface area contributed by atoms with Crippen molar-refractivity contribution < 1.29 is 9.90 Å². The average molecular weight is 199 g/mol. The van der Waals surface area contributed by atoms with Crippen LogP contribution in [0, 0.1) is 11.8 Å². The van der Waals surface area contributed by atoms with Gasteiger partial charge in [0.1, 0.15) is 0 Å². The summed E-state index contributed by atoms with van der Waals surface area (Å²) in [6, 6.07) is 0.340. The third kappa shape index (κ3) is 3.29. The molecular formula is C11H21NO2. The molecule has 0 aliphatic heterocycles. The zero-order chi connectivity index (χ0) is 10.6. The van der Waals surface area contributed by atoms with Crippen LogP contribution in [-0.4, -0.2) is 23.7 Å². The van der Waals surface area contributed by atoms with Gasteiger partial charge in [-0.1, -0.05) is 13.8 Å². The third-order valence-electron chi connectivity index (χ3n) is 2.98. The van der Waals surface area contributed by atoms with Crippen LogP contribution in [-0.2, 0) is 4.79 Å². The molecule has 0 radical (unpaired) electrons. The number of hydrogen-bond acceptors (Lipinski definition) is 2. The number of aliphatic hydroxyl groups excluding tert-OH is 1. The predicted octanol–water partition coefficient (Wildman–Crippen LogP) is 1.31. The lowest BCUT2D eigenvalue weighted by Gasteiger charge is -2.28. The van der Waals surface area contributed by atoms with Crippen LogP contribution in [0.2, 0.25) is 0 Å². The monoisotopic (exact) mass is 199 g/mol. The summed E-state index contributed by atoms with van der Waals surface area (Å²) in [6.07, 6.45) is 4.12. The van der Waals surface area contributed by atoms with E-state index in [0.29, 0.717) is 18.6 Å². The molecule has 0 heterocycles. The van der Waals surface area contributed by atoms with E-state index in [-0.39, 0.29) is 11.8 Å². The van der Waals surface area contributed by atoms with Crippen molar-refractivity contribution in [2.24, 2.45) is 11.8 Å². The fourth-order valence-electron chi connectivity index (χ4n) is 1.86. The summed E-state index contributed by atoms with van der Waals surface area (Å²) in [7, 11) is 0. The number of rotatable bonds is 3. The van der Waals surface area contributed by atoms with Gasteiger partial charge in [0.15, 0.2) is 0 Å². The van der Waals surface area contributed by atoms with Crippen molar-refractivity contribution in [3.05, 3.63) is 0 Å². The molecule has 0 aromatic rings. The first kappa shape index (κ1) is 11.5. The van der Waals surface area contributed by atoms with Gasteiger partial charge in [-0.05, 0) is 31.6 Å². The molecule has 1 amide bonds. The average Bonchev–Trinajstić information content (AvgIpc) is 2.19. The topological polar surface area (TPSA) is 49.3 Å². The van der Waals surface area contributed by atoms with Crippen LogP contribution in [0.5, 0.6) is 0 Å². The highest BCUT2D eigenvalue weighted by molar-refractivity contribution is 5.78. The van der Waals surface area contributed by atoms with Gasteiger partial charge in [-0.3, -0.25) is 4.79 Å². The van der Waals surface area contributed by atoms with Crippen LogP contribution in [0.15, 0.2) is 0 Å². The van der Waals surface area contributed by atoms with Gasteiger partial charge in [-0.15, -0.1) is 0 Å².